The number of hydrogen-bond donors (Lipinski definition) is 1. The summed E-state index contributed by atoms with van der Waals surface area (Å²) in [6.07, 6.45) is 0. The summed E-state index contributed by atoms with van der Waals surface area (Å²) >= 11 is -0.0713. The van der Waals surface area contributed by atoms with Gasteiger partial charge in [-0.25, -0.2) is 0 Å². The zero-order valence-corrected chi connectivity index (χ0v) is 13.5. The number of carboxylic acids is 1. The number of aromatic carboxylic acids is 1. The molecule has 0 aromatic carbocycles. The topological polar surface area (TPSA) is 54.4 Å². The molecule has 1 heterocycles. The molecule has 0 fully saturated rings. The molecule has 0 unspecified atom stereocenters. The Morgan fingerprint density at radius 1 is 1.11 bits per heavy atom. The van der Waals surface area contributed by atoms with E-state index in [1.165, 1.54) is 6.07 Å². The van der Waals surface area contributed by atoms with Gasteiger partial charge in [0.05, 0.1) is 0 Å². The monoisotopic (exact) mass is 316 g/mol. The Balaban J connectivity index is 3.69. The number of carboxylic acid groups (broad SMARTS) is 1. The molecule has 1 N–H and O–H groups in total. The van der Waals surface area contributed by atoms with E-state index in [1.54, 1.807) is 0 Å². The second-order valence-electron chi connectivity index (χ2n) is 6.48. The molecule has 0 spiro atoms. The Labute approximate surface area is 114 Å². The van der Waals surface area contributed by atoms with Gasteiger partial charge in [-0.3, -0.25) is 0 Å². The van der Waals surface area contributed by atoms with E-state index in [1.807, 2.05) is 20.8 Å². The van der Waals surface area contributed by atoms with Crippen LogP contribution in [0.2, 0.25) is 0 Å². The molecule has 0 aliphatic heterocycles. The normalized spacial score (nSPS) is 12.6. The average molecular weight is 315 g/mol. The van der Waals surface area contributed by atoms with E-state index in [9.17, 15) is 14.7 Å². The van der Waals surface area contributed by atoms with Gasteiger partial charge in [0.1, 0.15) is 0 Å². The second-order valence-corrected chi connectivity index (χ2v) is 8.69. The van der Waals surface area contributed by atoms with Crippen LogP contribution in [-0.4, -0.2) is 25.6 Å². The molecule has 100 valence electrons. The van der Waals surface area contributed by atoms with Crippen molar-refractivity contribution >= 4 is 20.5 Å². The Morgan fingerprint density at radius 3 is 1.94 bits per heavy atom. The van der Waals surface area contributed by atoms with E-state index < -0.39 is 5.97 Å². The van der Waals surface area contributed by atoms with Crippen LogP contribution in [0.15, 0.2) is 10.9 Å². The molecular weight excluding hydrogens is 295 g/mol. The number of hydrogen-bond acceptors (Lipinski definition) is 2. The van der Waals surface area contributed by atoms with Gasteiger partial charge < -0.3 is 0 Å². The van der Waals surface area contributed by atoms with Crippen molar-refractivity contribution in [3.63, 3.8) is 0 Å². The van der Waals surface area contributed by atoms with Crippen LogP contribution in [0.5, 0.6) is 0 Å². The van der Waals surface area contributed by atoms with E-state index in [0.717, 1.165) is 8.87 Å². The van der Waals surface area contributed by atoms with Crippen LogP contribution in [0.1, 0.15) is 60.8 Å². The van der Waals surface area contributed by atoms with E-state index in [0.29, 0.717) is 0 Å². The summed E-state index contributed by atoms with van der Waals surface area (Å²) in [7, 11) is 0. The van der Waals surface area contributed by atoms with Crippen molar-refractivity contribution in [2.45, 2.75) is 52.4 Å². The van der Waals surface area contributed by atoms with Gasteiger partial charge in [-0.2, -0.15) is 0 Å². The third-order valence-corrected chi connectivity index (χ3v) is 6.72. The molecule has 0 bridgehead atoms. The zero-order chi connectivity index (χ0) is 14.3. The Kier molecular flexibility index (Phi) is 3.94. The first-order valence-corrected chi connectivity index (χ1v) is 7.58. The van der Waals surface area contributed by atoms with E-state index in [2.05, 4.69) is 20.8 Å². The summed E-state index contributed by atoms with van der Waals surface area (Å²) in [6, 6.07) is 1.53. The van der Waals surface area contributed by atoms with E-state index >= 15 is 0 Å². The molecular formula is C14H20O3Se. The first-order valence-electron chi connectivity index (χ1n) is 5.87. The molecule has 0 atom stereocenters. The standard InChI is InChI=1S/C14H20O3Se/c1-13(2,3)9-7-8(15)10(12(16)17)11(18-9)14(4,5)6/h7H,1-6H3,(H,16,17). The van der Waals surface area contributed by atoms with Gasteiger partial charge in [0, 0.05) is 0 Å². The van der Waals surface area contributed by atoms with E-state index in [4.69, 9.17) is 0 Å². The Hall–Kier alpha value is -0.861. The van der Waals surface area contributed by atoms with Crippen LogP contribution in [0, 0.1) is 0 Å². The van der Waals surface area contributed by atoms with Crippen LogP contribution >= 0.6 is 0 Å². The summed E-state index contributed by atoms with van der Waals surface area (Å²) < 4.78 is 1.86. The van der Waals surface area contributed by atoms with Crippen molar-refractivity contribution in [1.82, 2.24) is 0 Å². The van der Waals surface area contributed by atoms with Gasteiger partial charge in [0.2, 0.25) is 0 Å². The molecule has 1 aromatic heterocycles. The second kappa shape index (κ2) is 4.67. The quantitative estimate of drug-likeness (QED) is 0.810. The van der Waals surface area contributed by atoms with Crippen molar-refractivity contribution in [3.05, 3.63) is 30.7 Å². The molecule has 0 saturated heterocycles. The molecule has 0 amide bonds. The predicted molar refractivity (Wildman–Crippen MR) is 74.0 cm³/mol. The third-order valence-electron chi connectivity index (χ3n) is 2.58. The fraction of sp³-hybridized carbons (Fsp3) is 0.571. The molecule has 4 heteroatoms. The minimum absolute atomic E-state index is 0.0181. The number of rotatable bonds is 1. The van der Waals surface area contributed by atoms with Gasteiger partial charge in [0.25, 0.3) is 0 Å². The molecule has 0 aliphatic carbocycles. The predicted octanol–water partition coefficient (Wildman–Crippen LogP) is 2.40. The molecule has 0 aliphatic rings. The third kappa shape index (κ3) is 3.12. The van der Waals surface area contributed by atoms with E-state index in [-0.39, 0.29) is 36.3 Å². The molecule has 1 aromatic rings. The maximum absolute atomic E-state index is 12.0. The summed E-state index contributed by atoms with van der Waals surface area (Å²) in [5.74, 6) is -1.10. The van der Waals surface area contributed by atoms with Gasteiger partial charge in [-0.1, -0.05) is 0 Å². The van der Waals surface area contributed by atoms with Crippen molar-refractivity contribution < 1.29 is 9.90 Å². The van der Waals surface area contributed by atoms with Crippen molar-refractivity contribution in [3.8, 4) is 0 Å². The summed E-state index contributed by atoms with van der Waals surface area (Å²) in [5.41, 5.74) is -0.745. The van der Waals surface area contributed by atoms with Gasteiger partial charge in [-0.15, -0.1) is 0 Å². The first kappa shape index (κ1) is 15.2. The molecule has 0 radical (unpaired) electrons. The minimum atomic E-state index is -1.10. The SMILES string of the molecule is CC(C)(C)c1cc(=O)c(C(=O)O)c(C(C)(C)C)[se]1. The van der Waals surface area contributed by atoms with Gasteiger partial charge in [-0.05, 0) is 0 Å². The summed E-state index contributed by atoms with van der Waals surface area (Å²) in [6.45, 7) is 12.1. The van der Waals surface area contributed by atoms with Crippen LogP contribution in [0.4, 0.5) is 0 Å². The maximum atomic E-state index is 12.0. The summed E-state index contributed by atoms with van der Waals surface area (Å²) in [5, 5.41) is 9.23. The Bertz CT molecular complexity index is 527. The molecule has 3 nitrogen and oxygen atoms in total. The van der Waals surface area contributed by atoms with Crippen molar-refractivity contribution in [1.29, 1.82) is 0 Å². The fourth-order valence-electron chi connectivity index (χ4n) is 1.59. The van der Waals surface area contributed by atoms with Crippen molar-refractivity contribution in [2.75, 3.05) is 0 Å². The fourth-order valence-corrected chi connectivity index (χ4v) is 4.30. The van der Waals surface area contributed by atoms with Crippen LogP contribution in [0.3, 0.4) is 0 Å². The van der Waals surface area contributed by atoms with Gasteiger partial charge >= 0.3 is 113 Å². The molecule has 18 heavy (non-hydrogen) atoms. The van der Waals surface area contributed by atoms with Gasteiger partial charge in [0.15, 0.2) is 0 Å². The first-order chi connectivity index (χ1) is 7.94. The summed E-state index contributed by atoms with van der Waals surface area (Å²) in [4.78, 5) is 23.3. The average Bonchev–Trinajstić information content (AvgIpc) is 2.12. The Morgan fingerprint density at radius 2 is 1.61 bits per heavy atom. The van der Waals surface area contributed by atoms with Crippen molar-refractivity contribution in [2.24, 2.45) is 0 Å². The van der Waals surface area contributed by atoms with Crippen LogP contribution < -0.4 is 5.43 Å². The van der Waals surface area contributed by atoms with Crippen LogP contribution in [0.25, 0.3) is 0 Å². The number of carbonyl (C=O) groups is 1. The zero-order valence-electron chi connectivity index (χ0n) is 11.7. The molecule has 0 saturated carbocycles. The van der Waals surface area contributed by atoms with Crippen LogP contribution in [-0.2, 0) is 10.8 Å². The molecule has 1 rings (SSSR count).